The van der Waals surface area contributed by atoms with Gasteiger partial charge >= 0.3 is 11.9 Å². The first-order valence-corrected chi connectivity index (χ1v) is 10.5. The number of aromatic carboxylic acids is 2. The topological polar surface area (TPSA) is 156 Å². The number of benzene rings is 3. The number of ether oxygens (including phenoxy) is 1. The zero-order chi connectivity index (χ0) is 25.9. The molecule has 0 aliphatic carbocycles. The maximum Gasteiger partial charge on any atom is 0.336 e. The van der Waals surface area contributed by atoms with Crippen LogP contribution in [0.4, 0.5) is 5.69 Å². The summed E-state index contributed by atoms with van der Waals surface area (Å²) in [6, 6.07) is 15.6. The average Bonchev–Trinajstić information content (AvgIpc) is 2.79. The second kappa shape index (κ2) is 9.68. The van der Waals surface area contributed by atoms with Gasteiger partial charge in [-0.1, -0.05) is 32.9 Å². The second-order valence-electron chi connectivity index (χ2n) is 8.77. The molecule has 180 valence electrons. The zero-order valence-corrected chi connectivity index (χ0v) is 19.3. The molecule has 3 aromatic rings. The van der Waals surface area contributed by atoms with Gasteiger partial charge in [0.2, 0.25) is 5.91 Å². The largest absolute Gasteiger partial charge is 0.478 e. The Labute approximate surface area is 201 Å². The lowest BCUT2D eigenvalue weighted by atomic mass is 9.87. The summed E-state index contributed by atoms with van der Waals surface area (Å²) < 4.78 is 5.82. The van der Waals surface area contributed by atoms with Gasteiger partial charge in [0.25, 0.3) is 5.91 Å². The number of nitrogens with two attached hydrogens (primary N) is 1. The summed E-state index contributed by atoms with van der Waals surface area (Å²) in [5, 5.41) is 21.2. The van der Waals surface area contributed by atoms with E-state index in [1.165, 1.54) is 5.56 Å². The van der Waals surface area contributed by atoms with Gasteiger partial charge in [-0.25, -0.2) is 9.59 Å². The van der Waals surface area contributed by atoms with Crippen molar-refractivity contribution in [3.8, 4) is 11.5 Å². The molecule has 9 heteroatoms. The molecule has 3 aromatic carbocycles. The lowest BCUT2D eigenvalue weighted by molar-refractivity contribution is 0.0689. The van der Waals surface area contributed by atoms with Crippen LogP contribution in [0.3, 0.4) is 0 Å². The van der Waals surface area contributed by atoms with Crippen LogP contribution >= 0.6 is 0 Å². The van der Waals surface area contributed by atoms with Crippen molar-refractivity contribution in [2.75, 3.05) is 5.32 Å². The number of carbonyl (C=O) groups is 4. The quantitative estimate of drug-likeness (QED) is 0.390. The van der Waals surface area contributed by atoms with Crippen LogP contribution in [-0.2, 0) is 5.41 Å². The van der Waals surface area contributed by atoms with E-state index in [0.29, 0.717) is 17.2 Å². The summed E-state index contributed by atoms with van der Waals surface area (Å²) in [6.07, 6.45) is 0. The van der Waals surface area contributed by atoms with E-state index in [2.05, 4.69) is 26.1 Å². The Hall–Kier alpha value is -4.66. The summed E-state index contributed by atoms with van der Waals surface area (Å²) in [7, 11) is 0. The molecule has 0 atom stereocenters. The number of carboxylic acid groups (broad SMARTS) is 2. The molecule has 0 radical (unpaired) electrons. The molecule has 0 aromatic heterocycles. The Morgan fingerprint density at radius 3 is 1.66 bits per heavy atom. The molecule has 35 heavy (non-hydrogen) atoms. The lowest BCUT2D eigenvalue weighted by Crippen LogP contribution is -2.22. The SMILES string of the molecule is CC(C)(C)c1ccc(Oc2ccc(NC(=O)c3cc(C(N)=O)c(C(=O)O)cc3C(=O)O)cc2)cc1. The van der Waals surface area contributed by atoms with Crippen molar-refractivity contribution in [1.82, 2.24) is 0 Å². The van der Waals surface area contributed by atoms with Crippen LogP contribution in [0, 0.1) is 0 Å². The van der Waals surface area contributed by atoms with Crippen LogP contribution in [0.1, 0.15) is 67.8 Å². The van der Waals surface area contributed by atoms with Gasteiger partial charge in [-0.3, -0.25) is 9.59 Å². The Bertz CT molecular complexity index is 1310. The molecule has 0 aliphatic rings. The highest BCUT2D eigenvalue weighted by Crippen LogP contribution is 2.28. The number of primary amides is 1. The fourth-order valence-corrected chi connectivity index (χ4v) is 3.31. The molecule has 5 N–H and O–H groups in total. The molecular weight excluding hydrogens is 452 g/mol. The number of carbonyl (C=O) groups excluding carboxylic acids is 2. The molecule has 3 rings (SSSR count). The Morgan fingerprint density at radius 1 is 0.743 bits per heavy atom. The van der Waals surface area contributed by atoms with Crippen molar-refractivity contribution >= 4 is 29.4 Å². The molecule has 0 aliphatic heterocycles. The number of carboxylic acids is 2. The Balaban J connectivity index is 1.80. The average molecular weight is 476 g/mol. The molecule has 0 bridgehead atoms. The molecular formula is C26H24N2O7. The first kappa shape index (κ1) is 25.0. The van der Waals surface area contributed by atoms with E-state index in [-0.39, 0.29) is 5.41 Å². The molecule has 0 fully saturated rings. The van der Waals surface area contributed by atoms with E-state index in [0.717, 1.165) is 12.1 Å². The van der Waals surface area contributed by atoms with Gasteiger partial charge in [-0.2, -0.15) is 0 Å². The molecule has 0 saturated carbocycles. The predicted octanol–water partition coefficient (Wildman–Crippen LogP) is 4.52. The van der Waals surface area contributed by atoms with Gasteiger partial charge in [0, 0.05) is 5.69 Å². The smallest absolute Gasteiger partial charge is 0.336 e. The Kier molecular flexibility index (Phi) is 6.91. The highest BCUT2D eigenvalue weighted by molar-refractivity contribution is 6.14. The van der Waals surface area contributed by atoms with Crippen LogP contribution in [0.2, 0.25) is 0 Å². The van der Waals surface area contributed by atoms with Gasteiger partial charge in [-0.15, -0.1) is 0 Å². The first-order chi connectivity index (χ1) is 16.4. The third kappa shape index (κ3) is 5.83. The minimum atomic E-state index is -1.54. The van der Waals surface area contributed by atoms with E-state index in [1.807, 2.05) is 24.3 Å². The number of hydrogen-bond acceptors (Lipinski definition) is 5. The summed E-state index contributed by atoms with van der Waals surface area (Å²) >= 11 is 0. The Morgan fingerprint density at radius 2 is 1.20 bits per heavy atom. The zero-order valence-electron chi connectivity index (χ0n) is 19.3. The minimum absolute atomic E-state index is 0.0189. The number of rotatable bonds is 7. The summed E-state index contributed by atoms with van der Waals surface area (Å²) in [4.78, 5) is 47.4. The fraction of sp³-hybridized carbons (Fsp3) is 0.154. The normalized spacial score (nSPS) is 10.9. The third-order valence-electron chi connectivity index (χ3n) is 5.20. The van der Waals surface area contributed by atoms with E-state index in [9.17, 15) is 29.4 Å². The maximum atomic E-state index is 12.8. The van der Waals surface area contributed by atoms with Crippen molar-refractivity contribution in [3.05, 3.63) is 88.5 Å². The monoisotopic (exact) mass is 476 g/mol. The van der Waals surface area contributed by atoms with Crippen molar-refractivity contribution in [3.63, 3.8) is 0 Å². The second-order valence-corrected chi connectivity index (χ2v) is 8.77. The molecule has 0 heterocycles. The van der Waals surface area contributed by atoms with E-state index >= 15 is 0 Å². The first-order valence-electron chi connectivity index (χ1n) is 10.5. The molecule has 0 saturated heterocycles. The van der Waals surface area contributed by atoms with E-state index in [4.69, 9.17) is 10.5 Å². The summed E-state index contributed by atoms with van der Waals surface area (Å²) in [6.45, 7) is 6.35. The van der Waals surface area contributed by atoms with Crippen molar-refractivity contribution in [1.29, 1.82) is 0 Å². The lowest BCUT2D eigenvalue weighted by Gasteiger charge is -2.19. The van der Waals surface area contributed by atoms with Crippen LogP contribution in [0.15, 0.2) is 60.7 Å². The minimum Gasteiger partial charge on any atom is -0.478 e. The van der Waals surface area contributed by atoms with Gasteiger partial charge in [-0.05, 0) is 59.5 Å². The van der Waals surface area contributed by atoms with Crippen molar-refractivity contribution < 1.29 is 34.1 Å². The number of amides is 2. The third-order valence-corrected chi connectivity index (χ3v) is 5.20. The fourth-order valence-electron chi connectivity index (χ4n) is 3.31. The number of nitrogens with one attached hydrogen (secondary N) is 1. The molecule has 9 nitrogen and oxygen atoms in total. The van der Waals surface area contributed by atoms with Crippen LogP contribution < -0.4 is 15.8 Å². The van der Waals surface area contributed by atoms with Gasteiger partial charge in [0.05, 0.1) is 22.3 Å². The summed E-state index contributed by atoms with van der Waals surface area (Å²) in [5.74, 6) is -3.89. The summed E-state index contributed by atoms with van der Waals surface area (Å²) in [5.41, 5.74) is 4.65. The van der Waals surface area contributed by atoms with Gasteiger partial charge in [0.15, 0.2) is 0 Å². The van der Waals surface area contributed by atoms with E-state index < -0.39 is 46.0 Å². The standard InChI is InChI=1S/C26H24N2O7/c1-26(2,3)14-4-8-16(9-5-14)35-17-10-6-15(7-11-17)28-23(30)19-12-18(22(27)29)20(24(31)32)13-21(19)25(33)34/h4-13H,1-3H3,(H2,27,29)(H,28,30)(H,31,32)(H,33,34). The molecule has 0 spiro atoms. The highest BCUT2D eigenvalue weighted by atomic mass is 16.5. The van der Waals surface area contributed by atoms with Crippen LogP contribution in [0.25, 0.3) is 0 Å². The highest BCUT2D eigenvalue weighted by Gasteiger charge is 2.24. The maximum absolute atomic E-state index is 12.8. The number of hydrogen-bond donors (Lipinski definition) is 4. The van der Waals surface area contributed by atoms with Gasteiger partial charge in [0.1, 0.15) is 11.5 Å². The number of anilines is 1. The predicted molar refractivity (Wildman–Crippen MR) is 128 cm³/mol. The molecule has 0 unspecified atom stereocenters. The molecule has 2 amide bonds. The van der Waals surface area contributed by atoms with Crippen LogP contribution in [-0.4, -0.2) is 34.0 Å². The van der Waals surface area contributed by atoms with E-state index in [1.54, 1.807) is 24.3 Å². The van der Waals surface area contributed by atoms with Crippen LogP contribution in [0.5, 0.6) is 11.5 Å². The van der Waals surface area contributed by atoms with Crippen molar-refractivity contribution in [2.24, 2.45) is 5.73 Å². The van der Waals surface area contributed by atoms with Crippen molar-refractivity contribution in [2.45, 2.75) is 26.2 Å². The van der Waals surface area contributed by atoms with Gasteiger partial charge < -0.3 is 26.0 Å².